The van der Waals surface area contributed by atoms with Gasteiger partial charge in [0.05, 0.1) is 13.1 Å². The van der Waals surface area contributed by atoms with Gasteiger partial charge in [-0.25, -0.2) is 9.18 Å². The second kappa shape index (κ2) is 8.39. The van der Waals surface area contributed by atoms with Crippen LogP contribution in [0, 0.1) is 0 Å². The minimum atomic E-state index is -1.64. The van der Waals surface area contributed by atoms with Gasteiger partial charge in [-0.2, -0.15) is 5.12 Å². The highest BCUT2D eigenvalue weighted by molar-refractivity contribution is 6.30. The number of halogens is 3. The van der Waals surface area contributed by atoms with E-state index in [9.17, 15) is 18.5 Å². The summed E-state index contributed by atoms with van der Waals surface area (Å²) in [6, 6.07) is 4.87. The summed E-state index contributed by atoms with van der Waals surface area (Å²) in [5.74, 6) is -1.09. The zero-order valence-electron chi connectivity index (χ0n) is 15.6. The number of carbonyl (C=O) groups excluding carboxylic acids is 2. The second-order valence-corrected chi connectivity index (χ2v) is 7.72. The topological polar surface area (TPSA) is 59.1 Å². The molecule has 1 fully saturated rings. The first-order valence-corrected chi connectivity index (χ1v) is 8.79. The molecule has 1 aromatic carbocycles. The number of alkyl halides is 1. The van der Waals surface area contributed by atoms with Crippen LogP contribution in [0.2, 0.25) is 5.02 Å². The maximum absolute atomic E-state index is 14.6. The molecule has 0 saturated carbocycles. The smallest absolute Gasteiger partial charge is 0.411 e. The lowest BCUT2D eigenvalue weighted by Crippen LogP contribution is -2.51. The number of carbonyl (C=O) groups is 2. The van der Waals surface area contributed by atoms with Crippen molar-refractivity contribution in [3.05, 3.63) is 34.9 Å². The van der Waals surface area contributed by atoms with E-state index >= 15 is 0 Å². The Morgan fingerprint density at radius 1 is 1.37 bits per heavy atom. The van der Waals surface area contributed by atoms with Gasteiger partial charge in [0.15, 0.2) is 0 Å². The molecule has 0 N–H and O–H groups in total. The molecule has 1 heterocycles. The first kappa shape index (κ1) is 21.4. The molecule has 27 heavy (non-hydrogen) atoms. The average molecular weight is 405 g/mol. The number of hydrogen-bond donors (Lipinski definition) is 0. The van der Waals surface area contributed by atoms with Crippen LogP contribution in [-0.2, 0) is 20.8 Å². The van der Waals surface area contributed by atoms with Crippen molar-refractivity contribution in [2.75, 3.05) is 13.7 Å². The van der Waals surface area contributed by atoms with Crippen LogP contribution in [-0.4, -0.2) is 59.6 Å². The van der Waals surface area contributed by atoms with E-state index in [0.717, 1.165) is 4.90 Å². The van der Waals surface area contributed by atoms with E-state index in [1.807, 2.05) is 0 Å². The van der Waals surface area contributed by atoms with Crippen molar-refractivity contribution >= 4 is 23.6 Å². The number of likely N-dealkylation sites (tertiary alicyclic amines) is 1. The molecule has 2 rings (SSSR count). The summed E-state index contributed by atoms with van der Waals surface area (Å²) >= 11 is 5.86. The van der Waals surface area contributed by atoms with Gasteiger partial charge < -0.3 is 9.47 Å². The van der Waals surface area contributed by atoms with Gasteiger partial charge in [0.2, 0.25) is 0 Å². The predicted molar refractivity (Wildman–Crippen MR) is 95.5 cm³/mol. The zero-order chi connectivity index (χ0) is 20.4. The predicted octanol–water partition coefficient (Wildman–Crippen LogP) is 3.53. The van der Waals surface area contributed by atoms with Gasteiger partial charge in [0, 0.05) is 12.1 Å². The highest BCUT2D eigenvalue weighted by Gasteiger charge is 2.51. The van der Waals surface area contributed by atoms with Gasteiger partial charge in [0.1, 0.15) is 23.9 Å². The van der Waals surface area contributed by atoms with Gasteiger partial charge in [-0.1, -0.05) is 28.2 Å². The van der Waals surface area contributed by atoms with Gasteiger partial charge in [0.25, 0.3) is 5.91 Å². The molecule has 0 radical (unpaired) electrons. The molecule has 0 aliphatic carbocycles. The summed E-state index contributed by atoms with van der Waals surface area (Å²) in [4.78, 5) is 25.9. The third kappa shape index (κ3) is 5.29. The molecular formula is C18H23ClF2N2O4. The molecule has 1 aromatic rings. The molecule has 9 heteroatoms. The summed E-state index contributed by atoms with van der Waals surface area (Å²) in [7, 11) is 1.20. The van der Waals surface area contributed by atoms with Crippen LogP contribution in [0.3, 0.4) is 0 Å². The van der Waals surface area contributed by atoms with Crippen molar-refractivity contribution in [1.82, 2.24) is 10.0 Å². The summed E-state index contributed by atoms with van der Waals surface area (Å²) in [5.41, 5.74) is -0.399. The van der Waals surface area contributed by atoms with Crippen LogP contribution < -0.4 is 0 Å². The molecular weight excluding hydrogens is 382 g/mol. The summed E-state index contributed by atoms with van der Waals surface area (Å²) < 4.78 is 39.1. The molecule has 1 aliphatic heterocycles. The number of ether oxygens (including phenoxy) is 2. The van der Waals surface area contributed by atoms with Gasteiger partial charge in [-0.05, 0) is 38.5 Å². The number of hydrogen-bond acceptors (Lipinski definition) is 4. The Morgan fingerprint density at radius 2 is 2.04 bits per heavy atom. The molecule has 0 spiro atoms. The maximum atomic E-state index is 14.6. The van der Waals surface area contributed by atoms with Crippen molar-refractivity contribution < 1.29 is 27.9 Å². The quantitative estimate of drug-likeness (QED) is 0.720. The van der Waals surface area contributed by atoms with E-state index in [-0.39, 0.29) is 5.12 Å². The normalized spacial score (nSPS) is 22.6. The number of rotatable bonds is 4. The third-order valence-corrected chi connectivity index (χ3v) is 4.21. The molecule has 150 valence electrons. The first-order valence-electron chi connectivity index (χ1n) is 8.41. The molecule has 0 bridgehead atoms. The van der Waals surface area contributed by atoms with E-state index in [0.29, 0.717) is 10.6 Å². The van der Waals surface area contributed by atoms with Gasteiger partial charge in [-0.15, -0.1) is 0 Å². The lowest BCUT2D eigenvalue weighted by atomic mass is 10.1. The Hall–Kier alpha value is -1.93. The lowest BCUT2D eigenvalue weighted by molar-refractivity contribution is -0.156. The second-order valence-electron chi connectivity index (χ2n) is 7.28. The first-order chi connectivity index (χ1) is 12.5. The van der Waals surface area contributed by atoms with Crippen LogP contribution in [0.4, 0.5) is 13.7 Å². The Morgan fingerprint density at radius 3 is 2.59 bits per heavy atom. The van der Waals surface area contributed by atoms with Crippen LogP contribution >= 0.6 is 11.6 Å². The van der Waals surface area contributed by atoms with E-state index in [4.69, 9.17) is 21.1 Å². The maximum Gasteiger partial charge on any atom is 0.411 e. The third-order valence-electron chi connectivity index (χ3n) is 3.98. The SMILES string of the molecule is CO[C@H]1[C@@H](C(=O)N(F)Cc2cccc(Cl)c2)N(C(=O)OC(C)(C)C)C[C@@H]1F. The van der Waals surface area contributed by atoms with Crippen LogP contribution in [0.25, 0.3) is 0 Å². The standard InChI is InChI=1S/C18H23ClF2N2O4/c1-18(2,3)27-17(25)22-10-13(20)15(26-4)14(22)16(24)23(21)9-11-6-5-7-12(19)8-11/h5-8,13-15H,9-10H2,1-4H3/t13-,14-,15+/m0/s1. The average Bonchev–Trinajstić information content (AvgIpc) is 2.89. The van der Waals surface area contributed by atoms with Crippen LogP contribution in [0.15, 0.2) is 24.3 Å². The summed E-state index contributed by atoms with van der Waals surface area (Å²) in [6.07, 6.45) is -3.84. The summed E-state index contributed by atoms with van der Waals surface area (Å²) in [5, 5.41) is 0.320. The minimum absolute atomic E-state index is 0.0717. The minimum Gasteiger partial charge on any atom is -0.444 e. The highest BCUT2D eigenvalue weighted by Crippen LogP contribution is 2.28. The number of methoxy groups -OCH3 is 1. The molecule has 0 unspecified atom stereocenters. The fraction of sp³-hybridized carbons (Fsp3) is 0.556. The molecule has 3 atom stereocenters. The van der Waals surface area contributed by atoms with E-state index in [1.165, 1.54) is 13.2 Å². The van der Waals surface area contributed by atoms with Crippen molar-refractivity contribution in [3.63, 3.8) is 0 Å². The Labute approximate surface area is 161 Å². The van der Waals surface area contributed by atoms with E-state index < -0.39 is 49.0 Å². The molecule has 0 aromatic heterocycles. The fourth-order valence-electron chi connectivity index (χ4n) is 2.86. The van der Waals surface area contributed by atoms with Crippen molar-refractivity contribution in [2.45, 2.75) is 51.2 Å². The van der Waals surface area contributed by atoms with Crippen LogP contribution in [0.1, 0.15) is 26.3 Å². The Balaban J connectivity index is 2.20. The molecule has 1 saturated heterocycles. The van der Waals surface area contributed by atoms with E-state index in [2.05, 4.69) is 0 Å². The van der Waals surface area contributed by atoms with Gasteiger partial charge in [-0.3, -0.25) is 9.69 Å². The molecule has 2 amide bonds. The summed E-state index contributed by atoms with van der Waals surface area (Å²) in [6.45, 7) is 4.09. The van der Waals surface area contributed by atoms with Crippen molar-refractivity contribution in [2.24, 2.45) is 0 Å². The van der Waals surface area contributed by atoms with Crippen molar-refractivity contribution in [1.29, 1.82) is 0 Å². The fourth-order valence-corrected chi connectivity index (χ4v) is 3.07. The van der Waals surface area contributed by atoms with Gasteiger partial charge >= 0.3 is 6.09 Å². The number of amides is 2. The molecule has 1 aliphatic rings. The largest absolute Gasteiger partial charge is 0.444 e. The Kier molecular flexibility index (Phi) is 6.64. The Bertz CT molecular complexity index is 698. The lowest BCUT2D eigenvalue weighted by Gasteiger charge is -2.30. The van der Waals surface area contributed by atoms with Crippen LogP contribution in [0.5, 0.6) is 0 Å². The zero-order valence-corrected chi connectivity index (χ0v) is 16.4. The highest BCUT2D eigenvalue weighted by atomic mass is 35.5. The monoisotopic (exact) mass is 404 g/mol. The number of benzene rings is 1. The number of nitrogens with zero attached hydrogens (tertiary/aromatic N) is 2. The molecule has 6 nitrogen and oxygen atoms in total. The van der Waals surface area contributed by atoms with E-state index in [1.54, 1.807) is 39.0 Å². The van der Waals surface area contributed by atoms with Crippen molar-refractivity contribution in [3.8, 4) is 0 Å².